The number of hydrogen-bond donors (Lipinski definition) is 1. The van der Waals surface area contributed by atoms with E-state index in [0.717, 1.165) is 50.9 Å². The van der Waals surface area contributed by atoms with E-state index in [1.165, 1.54) is 12.8 Å². The third kappa shape index (κ3) is 4.10. The van der Waals surface area contributed by atoms with Crippen LogP contribution in [0.15, 0.2) is 0 Å². The van der Waals surface area contributed by atoms with Gasteiger partial charge in [0.2, 0.25) is 0 Å². The van der Waals surface area contributed by atoms with E-state index in [4.69, 9.17) is 0 Å². The molecule has 2 rings (SSSR count). The number of piperazine rings is 1. The maximum absolute atomic E-state index is 12.2. The summed E-state index contributed by atoms with van der Waals surface area (Å²) in [7, 11) is 2.11. The molecule has 0 aromatic heterocycles. The summed E-state index contributed by atoms with van der Waals surface area (Å²) in [4.78, 5) is 16.5. The fourth-order valence-electron chi connectivity index (χ4n) is 3.24. The molecule has 19 heavy (non-hydrogen) atoms. The number of urea groups is 1. The van der Waals surface area contributed by atoms with E-state index in [1.54, 1.807) is 0 Å². The Balaban J connectivity index is 1.78. The van der Waals surface area contributed by atoms with Gasteiger partial charge >= 0.3 is 6.03 Å². The van der Waals surface area contributed by atoms with Gasteiger partial charge in [-0.2, -0.15) is 0 Å². The van der Waals surface area contributed by atoms with Crippen LogP contribution in [0.4, 0.5) is 4.79 Å². The number of hydrogen-bond acceptors (Lipinski definition) is 2. The van der Waals surface area contributed by atoms with Crippen molar-refractivity contribution in [1.29, 1.82) is 0 Å². The highest BCUT2D eigenvalue weighted by Gasteiger charge is 2.27. The molecule has 1 aliphatic heterocycles. The highest BCUT2D eigenvalue weighted by Crippen LogP contribution is 2.29. The Labute approximate surface area is 117 Å². The number of carbonyl (C=O) groups excluding carboxylic acids is 1. The summed E-state index contributed by atoms with van der Waals surface area (Å²) in [5, 5.41) is 3.26. The van der Waals surface area contributed by atoms with E-state index < -0.39 is 0 Å². The first-order chi connectivity index (χ1) is 9.06. The van der Waals surface area contributed by atoms with Gasteiger partial charge in [-0.1, -0.05) is 26.7 Å². The van der Waals surface area contributed by atoms with Crippen LogP contribution in [-0.2, 0) is 0 Å². The standard InChI is InChI=1S/C15H29N3O/c1-12(2)13-5-4-6-14(11-13)16-15(19)18-9-7-17(3)8-10-18/h12-14H,4-11H2,1-3H3,(H,16,19). The topological polar surface area (TPSA) is 35.6 Å². The second-order valence-corrected chi connectivity index (χ2v) is 6.61. The second kappa shape index (κ2) is 6.60. The van der Waals surface area contributed by atoms with Gasteiger partial charge < -0.3 is 15.1 Å². The normalized spacial score (nSPS) is 29.6. The third-order valence-electron chi connectivity index (χ3n) is 4.78. The molecule has 0 aromatic rings. The summed E-state index contributed by atoms with van der Waals surface area (Å²) in [6, 6.07) is 0.552. The van der Waals surface area contributed by atoms with Gasteiger partial charge in [0.1, 0.15) is 0 Å². The lowest BCUT2D eigenvalue weighted by Crippen LogP contribution is -2.53. The lowest BCUT2D eigenvalue weighted by molar-refractivity contribution is 0.145. The minimum absolute atomic E-state index is 0.155. The molecule has 2 amide bonds. The lowest BCUT2D eigenvalue weighted by Gasteiger charge is -2.36. The van der Waals surface area contributed by atoms with Gasteiger partial charge in [0, 0.05) is 32.2 Å². The zero-order valence-electron chi connectivity index (χ0n) is 12.7. The molecule has 2 aliphatic rings. The molecule has 110 valence electrons. The summed E-state index contributed by atoms with van der Waals surface area (Å²) in [6.45, 7) is 8.31. The highest BCUT2D eigenvalue weighted by atomic mass is 16.2. The average molecular weight is 267 g/mol. The largest absolute Gasteiger partial charge is 0.335 e. The third-order valence-corrected chi connectivity index (χ3v) is 4.78. The number of likely N-dealkylation sites (N-methyl/N-ethyl adjacent to an activating group) is 1. The summed E-state index contributed by atoms with van der Waals surface area (Å²) in [5.41, 5.74) is 0. The Hall–Kier alpha value is -0.770. The molecule has 2 fully saturated rings. The minimum Gasteiger partial charge on any atom is -0.335 e. The quantitative estimate of drug-likeness (QED) is 0.832. The minimum atomic E-state index is 0.155. The van der Waals surface area contributed by atoms with E-state index in [2.05, 4.69) is 31.1 Å². The fraction of sp³-hybridized carbons (Fsp3) is 0.933. The molecule has 1 heterocycles. The van der Waals surface area contributed by atoms with Crippen LogP contribution in [0.1, 0.15) is 39.5 Å². The van der Waals surface area contributed by atoms with Crippen LogP contribution >= 0.6 is 0 Å². The maximum Gasteiger partial charge on any atom is 0.317 e. The zero-order valence-corrected chi connectivity index (χ0v) is 12.7. The van der Waals surface area contributed by atoms with E-state index in [9.17, 15) is 4.79 Å². The van der Waals surface area contributed by atoms with Gasteiger partial charge in [0.25, 0.3) is 0 Å². The molecule has 0 radical (unpaired) electrons. The Morgan fingerprint density at radius 2 is 1.84 bits per heavy atom. The zero-order chi connectivity index (χ0) is 13.8. The van der Waals surface area contributed by atoms with Gasteiger partial charge in [-0.05, 0) is 31.7 Å². The first kappa shape index (κ1) is 14.6. The first-order valence-electron chi connectivity index (χ1n) is 7.80. The van der Waals surface area contributed by atoms with Crippen molar-refractivity contribution in [3.8, 4) is 0 Å². The summed E-state index contributed by atoms with van der Waals surface area (Å²) < 4.78 is 0. The predicted octanol–water partition coefficient (Wildman–Crippen LogP) is 2.16. The number of rotatable bonds is 2. The van der Waals surface area contributed by atoms with Crippen LogP contribution in [0.2, 0.25) is 0 Å². The monoisotopic (exact) mass is 267 g/mol. The fourth-order valence-corrected chi connectivity index (χ4v) is 3.24. The van der Waals surface area contributed by atoms with Crippen LogP contribution in [0, 0.1) is 11.8 Å². The molecular formula is C15H29N3O. The Kier molecular flexibility index (Phi) is 5.08. The van der Waals surface area contributed by atoms with E-state index >= 15 is 0 Å². The van der Waals surface area contributed by atoms with Crippen LogP contribution in [0.5, 0.6) is 0 Å². The molecule has 2 unspecified atom stereocenters. The van der Waals surface area contributed by atoms with Crippen molar-refractivity contribution in [2.75, 3.05) is 33.2 Å². The SMILES string of the molecule is CC(C)C1CCCC(NC(=O)N2CCN(C)CC2)C1. The number of nitrogens with zero attached hydrogens (tertiary/aromatic N) is 2. The van der Waals surface area contributed by atoms with E-state index in [-0.39, 0.29) is 6.03 Å². The summed E-state index contributed by atoms with van der Waals surface area (Å²) >= 11 is 0. The molecule has 1 N–H and O–H groups in total. The van der Waals surface area contributed by atoms with Gasteiger partial charge in [-0.3, -0.25) is 0 Å². The predicted molar refractivity (Wildman–Crippen MR) is 78.2 cm³/mol. The lowest BCUT2D eigenvalue weighted by atomic mass is 9.79. The van der Waals surface area contributed by atoms with Crippen molar-refractivity contribution in [2.24, 2.45) is 11.8 Å². The van der Waals surface area contributed by atoms with Crippen molar-refractivity contribution in [3.63, 3.8) is 0 Å². The second-order valence-electron chi connectivity index (χ2n) is 6.61. The van der Waals surface area contributed by atoms with Crippen molar-refractivity contribution in [1.82, 2.24) is 15.1 Å². The maximum atomic E-state index is 12.2. The Morgan fingerprint density at radius 1 is 1.16 bits per heavy atom. The molecular weight excluding hydrogens is 238 g/mol. The average Bonchev–Trinajstić information content (AvgIpc) is 2.39. The van der Waals surface area contributed by atoms with Gasteiger partial charge in [0.15, 0.2) is 0 Å². The van der Waals surface area contributed by atoms with Gasteiger partial charge in [-0.25, -0.2) is 4.79 Å². The summed E-state index contributed by atoms with van der Waals surface area (Å²) in [6.07, 6.45) is 4.91. The van der Waals surface area contributed by atoms with Crippen molar-refractivity contribution >= 4 is 6.03 Å². The van der Waals surface area contributed by atoms with Gasteiger partial charge in [0.05, 0.1) is 0 Å². The molecule has 1 aliphatic carbocycles. The molecule has 1 saturated heterocycles. The number of carbonyl (C=O) groups is 1. The number of nitrogens with one attached hydrogen (secondary N) is 1. The molecule has 2 atom stereocenters. The first-order valence-corrected chi connectivity index (χ1v) is 7.80. The highest BCUT2D eigenvalue weighted by molar-refractivity contribution is 5.74. The van der Waals surface area contributed by atoms with Crippen LogP contribution in [0.3, 0.4) is 0 Å². The van der Waals surface area contributed by atoms with Crippen molar-refractivity contribution in [3.05, 3.63) is 0 Å². The number of amides is 2. The molecule has 1 saturated carbocycles. The Morgan fingerprint density at radius 3 is 2.47 bits per heavy atom. The van der Waals surface area contributed by atoms with Crippen LogP contribution < -0.4 is 5.32 Å². The van der Waals surface area contributed by atoms with E-state index in [1.807, 2.05) is 4.90 Å². The molecule has 0 aromatic carbocycles. The van der Waals surface area contributed by atoms with E-state index in [0.29, 0.717) is 6.04 Å². The van der Waals surface area contributed by atoms with Gasteiger partial charge in [-0.15, -0.1) is 0 Å². The molecule has 4 heteroatoms. The van der Waals surface area contributed by atoms with Crippen molar-refractivity contribution < 1.29 is 4.79 Å². The van der Waals surface area contributed by atoms with Crippen LogP contribution in [-0.4, -0.2) is 55.1 Å². The Bertz CT molecular complexity index is 298. The smallest absolute Gasteiger partial charge is 0.317 e. The molecule has 4 nitrogen and oxygen atoms in total. The van der Waals surface area contributed by atoms with Crippen molar-refractivity contribution in [2.45, 2.75) is 45.6 Å². The molecule has 0 bridgehead atoms. The molecule has 0 spiro atoms. The van der Waals surface area contributed by atoms with Crippen LogP contribution in [0.25, 0.3) is 0 Å². The summed E-state index contributed by atoms with van der Waals surface area (Å²) in [5.74, 6) is 1.52.